The van der Waals surface area contributed by atoms with Crippen LogP contribution in [0.25, 0.3) is 0 Å². The highest BCUT2D eigenvalue weighted by Gasteiger charge is 2.08. The van der Waals surface area contributed by atoms with Crippen molar-refractivity contribution in [3.05, 3.63) is 63.3 Å². The number of benzene rings is 1. The Hall–Kier alpha value is -1.68. The fourth-order valence-corrected chi connectivity index (χ4v) is 1.56. The predicted molar refractivity (Wildman–Crippen MR) is 59.0 cm³/mol. The van der Waals surface area contributed by atoms with E-state index in [1.54, 1.807) is 6.07 Å². The topological polar surface area (TPSA) is 34.9 Å². The van der Waals surface area contributed by atoms with Crippen LogP contribution in [-0.2, 0) is 6.54 Å². The monoisotopic (exact) mass is 238 g/mol. The maximum atomic E-state index is 13.4. The van der Waals surface area contributed by atoms with E-state index in [2.05, 4.69) is 5.10 Å². The molecule has 16 heavy (non-hydrogen) atoms. The lowest BCUT2D eigenvalue weighted by Gasteiger charge is -2.06. The van der Waals surface area contributed by atoms with Gasteiger partial charge in [-0.15, -0.1) is 0 Å². The minimum absolute atomic E-state index is 0.0329. The second kappa shape index (κ2) is 4.45. The Bertz CT molecular complexity index is 548. The van der Waals surface area contributed by atoms with E-state index in [1.807, 2.05) is 0 Å². The van der Waals surface area contributed by atoms with Gasteiger partial charge in [0, 0.05) is 22.8 Å². The lowest BCUT2D eigenvalue weighted by molar-refractivity contribution is 0.572. The molecule has 0 bridgehead atoms. The van der Waals surface area contributed by atoms with Gasteiger partial charge in [-0.05, 0) is 18.2 Å². The number of rotatable bonds is 2. The Labute approximate surface area is 96.1 Å². The van der Waals surface area contributed by atoms with Gasteiger partial charge in [0.25, 0.3) is 5.56 Å². The standard InChI is InChI=1S/C11H8ClFN2O/c12-9-3-1-4-10(13)8(9)7-15-11(16)5-2-6-14-15/h1-6H,7H2. The number of hydrogen-bond donors (Lipinski definition) is 0. The van der Waals surface area contributed by atoms with Crippen molar-refractivity contribution in [3.63, 3.8) is 0 Å². The molecule has 0 unspecified atom stereocenters. The fourth-order valence-electron chi connectivity index (χ4n) is 1.34. The van der Waals surface area contributed by atoms with E-state index >= 15 is 0 Å². The third kappa shape index (κ3) is 2.12. The third-order valence-corrected chi connectivity index (χ3v) is 2.51. The fraction of sp³-hybridized carbons (Fsp3) is 0.0909. The molecule has 0 atom stereocenters. The van der Waals surface area contributed by atoms with Crippen LogP contribution in [-0.4, -0.2) is 9.78 Å². The van der Waals surface area contributed by atoms with Crippen molar-refractivity contribution in [1.29, 1.82) is 0 Å². The van der Waals surface area contributed by atoms with Gasteiger partial charge >= 0.3 is 0 Å². The zero-order valence-corrected chi connectivity index (χ0v) is 8.99. The summed E-state index contributed by atoms with van der Waals surface area (Å²) >= 11 is 5.85. The molecule has 0 radical (unpaired) electrons. The zero-order valence-electron chi connectivity index (χ0n) is 8.23. The van der Waals surface area contributed by atoms with Crippen LogP contribution in [0.5, 0.6) is 0 Å². The van der Waals surface area contributed by atoms with Crippen molar-refractivity contribution in [2.45, 2.75) is 6.54 Å². The van der Waals surface area contributed by atoms with Gasteiger partial charge < -0.3 is 0 Å². The van der Waals surface area contributed by atoms with Gasteiger partial charge in [-0.3, -0.25) is 4.79 Å². The van der Waals surface area contributed by atoms with Crippen LogP contribution < -0.4 is 5.56 Å². The molecule has 0 fully saturated rings. The summed E-state index contributed by atoms with van der Waals surface area (Å²) in [6.45, 7) is 0.0329. The second-order valence-electron chi connectivity index (χ2n) is 3.22. The van der Waals surface area contributed by atoms with Crippen molar-refractivity contribution in [1.82, 2.24) is 9.78 Å². The second-order valence-corrected chi connectivity index (χ2v) is 3.63. The van der Waals surface area contributed by atoms with Gasteiger partial charge in [0.2, 0.25) is 0 Å². The van der Waals surface area contributed by atoms with E-state index in [1.165, 1.54) is 30.5 Å². The average Bonchev–Trinajstić information content (AvgIpc) is 2.26. The van der Waals surface area contributed by atoms with Gasteiger partial charge in [0.15, 0.2) is 0 Å². The molecular weight excluding hydrogens is 231 g/mol. The molecule has 0 saturated heterocycles. The van der Waals surface area contributed by atoms with E-state index in [4.69, 9.17) is 11.6 Å². The summed E-state index contributed by atoms with van der Waals surface area (Å²) in [5.41, 5.74) is -0.0215. The first-order chi connectivity index (χ1) is 7.68. The van der Waals surface area contributed by atoms with Crippen LogP contribution in [0.3, 0.4) is 0 Å². The van der Waals surface area contributed by atoms with Crippen molar-refractivity contribution >= 4 is 11.6 Å². The first-order valence-electron chi connectivity index (χ1n) is 4.63. The molecule has 3 nitrogen and oxygen atoms in total. The van der Waals surface area contributed by atoms with Crippen molar-refractivity contribution in [2.24, 2.45) is 0 Å². The van der Waals surface area contributed by atoms with Crippen LogP contribution in [0.4, 0.5) is 4.39 Å². The number of nitrogens with zero attached hydrogens (tertiary/aromatic N) is 2. The smallest absolute Gasteiger partial charge is 0.267 e. The van der Waals surface area contributed by atoms with Crippen LogP contribution in [0.2, 0.25) is 5.02 Å². The van der Waals surface area contributed by atoms with Gasteiger partial charge in [-0.25, -0.2) is 9.07 Å². The lowest BCUT2D eigenvalue weighted by Crippen LogP contribution is -2.22. The van der Waals surface area contributed by atoms with Crippen LogP contribution in [0, 0.1) is 5.82 Å². The first kappa shape index (κ1) is 10.8. The first-order valence-corrected chi connectivity index (χ1v) is 5.01. The Morgan fingerprint density at radius 1 is 1.31 bits per heavy atom. The molecule has 5 heteroatoms. The van der Waals surface area contributed by atoms with E-state index in [0.29, 0.717) is 0 Å². The largest absolute Gasteiger partial charge is 0.268 e. The maximum absolute atomic E-state index is 13.4. The molecular formula is C11H8ClFN2O. The van der Waals surface area contributed by atoms with Crippen LogP contribution >= 0.6 is 11.6 Å². The number of hydrogen-bond acceptors (Lipinski definition) is 2. The molecule has 0 amide bonds. The molecule has 1 heterocycles. The Morgan fingerprint density at radius 3 is 2.81 bits per heavy atom. The molecule has 1 aromatic carbocycles. The summed E-state index contributed by atoms with van der Waals surface area (Å²) in [4.78, 5) is 11.4. The van der Waals surface area contributed by atoms with Gasteiger partial charge in [0.1, 0.15) is 5.82 Å². The molecule has 0 aliphatic carbocycles. The van der Waals surface area contributed by atoms with E-state index in [0.717, 1.165) is 4.68 Å². The molecule has 0 N–H and O–H groups in total. The Morgan fingerprint density at radius 2 is 2.12 bits per heavy atom. The SMILES string of the molecule is O=c1cccnn1Cc1c(F)cccc1Cl. The molecule has 82 valence electrons. The molecule has 0 aliphatic rings. The summed E-state index contributed by atoms with van der Waals surface area (Å²) in [7, 11) is 0. The molecule has 0 aliphatic heterocycles. The van der Waals surface area contributed by atoms with Gasteiger partial charge in [-0.2, -0.15) is 5.10 Å². The highest BCUT2D eigenvalue weighted by molar-refractivity contribution is 6.31. The summed E-state index contributed by atoms with van der Waals surface area (Å²) in [5.74, 6) is -0.440. The van der Waals surface area contributed by atoms with E-state index in [-0.39, 0.29) is 22.7 Å². The van der Waals surface area contributed by atoms with Crippen LogP contribution in [0.1, 0.15) is 5.56 Å². The Kier molecular flexibility index (Phi) is 3.01. The predicted octanol–water partition coefficient (Wildman–Crippen LogP) is 2.08. The maximum Gasteiger partial charge on any atom is 0.267 e. The van der Waals surface area contributed by atoms with Crippen molar-refractivity contribution in [3.8, 4) is 0 Å². The molecule has 2 aromatic rings. The van der Waals surface area contributed by atoms with Crippen molar-refractivity contribution < 1.29 is 4.39 Å². The number of aromatic nitrogens is 2. The molecule has 1 aromatic heterocycles. The van der Waals surface area contributed by atoms with E-state index < -0.39 is 5.82 Å². The van der Waals surface area contributed by atoms with Crippen LogP contribution in [0.15, 0.2) is 41.3 Å². The minimum Gasteiger partial charge on any atom is -0.268 e. The molecule has 0 saturated carbocycles. The zero-order chi connectivity index (χ0) is 11.5. The van der Waals surface area contributed by atoms with Crippen molar-refractivity contribution in [2.75, 3.05) is 0 Å². The minimum atomic E-state index is -0.440. The Balaban J connectivity index is 2.42. The number of halogens is 2. The molecule has 2 rings (SSSR count). The summed E-state index contributed by atoms with van der Waals surface area (Å²) in [6.07, 6.45) is 1.47. The van der Waals surface area contributed by atoms with E-state index in [9.17, 15) is 9.18 Å². The highest BCUT2D eigenvalue weighted by Crippen LogP contribution is 2.19. The quantitative estimate of drug-likeness (QED) is 0.803. The van der Waals surface area contributed by atoms with Gasteiger partial charge in [0.05, 0.1) is 6.54 Å². The summed E-state index contributed by atoms with van der Waals surface area (Å²) in [5, 5.41) is 4.12. The third-order valence-electron chi connectivity index (χ3n) is 2.15. The summed E-state index contributed by atoms with van der Waals surface area (Å²) in [6, 6.07) is 7.29. The highest BCUT2D eigenvalue weighted by atomic mass is 35.5. The average molecular weight is 239 g/mol. The molecule has 0 spiro atoms. The lowest BCUT2D eigenvalue weighted by atomic mass is 10.2. The van der Waals surface area contributed by atoms with Gasteiger partial charge in [-0.1, -0.05) is 17.7 Å². The summed E-state index contributed by atoms with van der Waals surface area (Å²) < 4.78 is 14.6. The normalized spacial score (nSPS) is 10.4.